The maximum atomic E-state index is 14.4. The van der Waals surface area contributed by atoms with Crippen LogP contribution < -0.4 is 22.7 Å². The molecule has 3 saturated heterocycles. The van der Waals surface area contributed by atoms with Gasteiger partial charge in [-0.3, -0.25) is 28.0 Å². The van der Waals surface area contributed by atoms with Crippen LogP contribution in [0.1, 0.15) is 31.7 Å². The molecule has 7 N–H and O–H groups in total. The smallest absolute Gasteiger partial charge is 0.394 e. The molecule has 19 nitrogen and oxygen atoms in total. The van der Waals surface area contributed by atoms with Gasteiger partial charge in [-0.25, -0.2) is 19.0 Å². The molecule has 240 valence electrons. The van der Waals surface area contributed by atoms with E-state index in [0.717, 1.165) is 12.8 Å². The minimum atomic E-state index is -4.05. The summed E-state index contributed by atoms with van der Waals surface area (Å²) < 4.78 is 48.1. The van der Waals surface area contributed by atoms with Gasteiger partial charge in [-0.1, -0.05) is 0 Å². The zero-order valence-corrected chi connectivity index (χ0v) is 24.6. The Morgan fingerprint density at radius 3 is 2.64 bits per heavy atom. The Kier molecular flexibility index (Phi) is 8.57. The lowest BCUT2D eigenvalue weighted by molar-refractivity contribution is -0.0614. The molecule has 3 aliphatic heterocycles. The number of hydrogen-bond acceptors (Lipinski definition) is 15. The van der Waals surface area contributed by atoms with Gasteiger partial charge < -0.3 is 35.9 Å². The van der Waals surface area contributed by atoms with Crippen molar-refractivity contribution in [2.24, 2.45) is 0 Å². The average molecular weight is 640 g/mol. The lowest BCUT2D eigenvalue weighted by Gasteiger charge is -2.30. The van der Waals surface area contributed by atoms with Crippen LogP contribution in [0.3, 0.4) is 0 Å². The molecule has 20 heteroatoms. The monoisotopic (exact) mass is 639 g/mol. The number of aromatic nitrogens is 6. The van der Waals surface area contributed by atoms with E-state index >= 15 is 0 Å². The molecule has 3 aromatic rings. The van der Waals surface area contributed by atoms with Gasteiger partial charge in [0, 0.05) is 32.8 Å². The lowest BCUT2D eigenvalue weighted by Crippen LogP contribution is -2.36. The molecular weight excluding hydrogens is 605 g/mol. The van der Waals surface area contributed by atoms with Crippen molar-refractivity contribution < 1.29 is 38.0 Å². The van der Waals surface area contributed by atoms with E-state index in [0.29, 0.717) is 13.1 Å². The van der Waals surface area contributed by atoms with Crippen LogP contribution in [0, 0.1) is 0 Å². The van der Waals surface area contributed by atoms with Crippen LogP contribution in [0.25, 0.3) is 11.2 Å². The van der Waals surface area contributed by atoms with Gasteiger partial charge in [0.25, 0.3) is 5.56 Å². The van der Waals surface area contributed by atoms with E-state index in [9.17, 15) is 24.4 Å². The van der Waals surface area contributed by atoms with Gasteiger partial charge in [-0.15, -0.1) is 0 Å². The summed E-state index contributed by atoms with van der Waals surface area (Å²) in [6, 6.07) is 1.44. The number of methoxy groups -OCH3 is 1. The molecule has 1 unspecified atom stereocenters. The predicted molar refractivity (Wildman–Crippen MR) is 151 cm³/mol. The fourth-order valence-corrected chi connectivity index (χ4v) is 7.75. The summed E-state index contributed by atoms with van der Waals surface area (Å²) >= 11 is 0. The van der Waals surface area contributed by atoms with Gasteiger partial charge in [0.2, 0.25) is 5.95 Å². The summed E-state index contributed by atoms with van der Waals surface area (Å²) in [5.41, 5.74) is 10.3. The van der Waals surface area contributed by atoms with E-state index in [1.807, 2.05) is 0 Å². The maximum absolute atomic E-state index is 14.4. The largest absolute Gasteiger partial charge is 0.408 e. The highest BCUT2D eigenvalue weighted by atomic mass is 31.2. The number of nitrogens with zero attached hydrogens (tertiary/aromatic N) is 6. The summed E-state index contributed by atoms with van der Waals surface area (Å²) in [6.07, 6.45) is -2.56. The molecular formula is C24H34N9O10P. The zero-order valence-electron chi connectivity index (χ0n) is 23.7. The van der Waals surface area contributed by atoms with E-state index in [2.05, 4.69) is 19.9 Å². The number of nitrogens with one attached hydrogen (secondary N) is 1. The van der Waals surface area contributed by atoms with Crippen molar-refractivity contribution in [1.82, 2.24) is 33.7 Å². The third-order valence-corrected chi connectivity index (χ3v) is 10.0. The van der Waals surface area contributed by atoms with Crippen LogP contribution in [-0.4, -0.2) is 108 Å². The first-order chi connectivity index (χ1) is 21.1. The number of rotatable bonds is 10. The summed E-state index contributed by atoms with van der Waals surface area (Å²) in [5.74, 6) is -0.0792. The minimum Gasteiger partial charge on any atom is -0.394 e. The Morgan fingerprint density at radius 2 is 1.93 bits per heavy atom. The summed E-state index contributed by atoms with van der Waals surface area (Å²) in [4.78, 5) is 39.0. The second kappa shape index (κ2) is 12.3. The number of nitrogen functional groups attached to an aromatic ring is 2. The van der Waals surface area contributed by atoms with Crippen molar-refractivity contribution in [3.05, 3.63) is 39.4 Å². The van der Waals surface area contributed by atoms with E-state index in [-0.39, 0.29) is 36.0 Å². The van der Waals surface area contributed by atoms with Gasteiger partial charge in [0.15, 0.2) is 17.4 Å². The van der Waals surface area contributed by atoms with Crippen molar-refractivity contribution in [3.8, 4) is 0 Å². The van der Waals surface area contributed by atoms with Crippen LogP contribution >= 0.6 is 7.75 Å². The van der Waals surface area contributed by atoms with Gasteiger partial charge >= 0.3 is 13.4 Å². The molecule has 6 heterocycles. The standard InChI is InChI=1S/C24H34N9O10P/c1-39-19-18(35)14(42-22(19)33-11-27-17-20(33)29-23(26)30-21(17)36)10-40-44(38,31-5-2-3-6-31)43-12-8-16(41-13(12)9-34)32-7-4-15(25)28-24(32)37/h4,7,11-14,16,18-19,22,34-35H,2-3,5-6,8-10H2,1H3,(H2,25,28,37)(H3,26,29,30,36)/t12-,13+,14+,16+,18+,19+,22+,44?/m0/s1. The van der Waals surface area contributed by atoms with Crippen molar-refractivity contribution >= 4 is 30.7 Å². The van der Waals surface area contributed by atoms with E-state index in [4.69, 9.17) is 34.7 Å². The number of H-pyrrole nitrogens is 1. The molecule has 0 radical (unpaired) electrons. The number of ether oxygens (including phenoxy) is 3. The first kappa shape index (κ1) is 30.8. The highest BCUT2D eigenvalue weighted by Gasteiger charge is 2.49. The average Bonchev–Trinajstić information content (AvgIpc) is 3.78. The van der Waals surface area contributed by atoms with Crippen LogP contribution in [0.4, 0.5) is 11.8 Å². The fourth-order valence-electron chi connectivity index (χ4n) is 5.72. The van der Waals surface area contributed by atoms with Crippen molar-refractivity contribution in [3.63, 3.8) is 0 Å². The Labute approximate surface area is 249 Å². The van der Waals surface area contributed by atoms with E-state index in [1.165, 1.54) is 34.8 Å². The number of aliphatic hydroxyl groups excluding tert-OH is 2. The Bertz CT molecular complexity index is 1660. The van der Waals surface area contributed by atoms with Crippen molar-refractivity contribution in [1.29, 1.82) is 0 Å². The topological polar surface area (TPSA) is 257 Å². The normalized spacial score (nSPS) is 30.8. The van der Waals surface area contributed by atoms with Crippen LogP contribution in [-0.2, 0) is 27.8 Å². The quantitative estimate of drug-likeness (QED) is 0.161. The molecule has 0 aliphatic carbocycles. The highest BCUT2D eigenvalue weighted by molar-refractivity contribution is 7.51. The summed E-state index contributed by atoms with van der Waals surface area (Å²) in [7, 11) is -2.67. The molecule has 0 bridgehead atoms. The Balaban J connectivity index is 1.21. The second-order valence-electron chi connectivity index (χ2n) is 10.7. The molecule has 6 rings (SSSR count). The van der Waals surface area contributed by atoms with E-state index < -0.39 is 68.6 Å². The number of aliphatic hydroxyl groups is 2. The number of hydrogen-bond donors (Lipinski definition) is 5. The Hall–Kier alpha value is -3.26. The Morgan fingerprint density at radius 1 is 1.16 bits per heavy atom. The molecule has 0 spiro atoms. The summed E-state index contributed by atoms with van der Waals surface area (Å²) in [5, 5.41) is 21.1. The van der Waals surface area contributed by atoms with Gasteiger partial charge in [0.05, 0.1) is 19.5 Å². The molecule has 3 aromatic heterocycles. The van der Waals surface area contributed by atoms with Crippen LogP contribution in [0.2, 0.25) is 0 Å². The van der Waals surface area contributed by atoms with E-state index in [1.54, 1.807) is 4.67 Å². The summed E-state index contributed by atoms with van der Waals surface area (Å²) in [6.45, 7) is 0.0232. The molecule has 44 heavy (non-hydrogen) atoms. The SMILES string of the molecule is CO[C@@H]1[C@H](O)[C@@H](COP(=O)(O[C@H]2C[C@H](n3ccc(N)nc3=O)O[C@@H]2CO)N2CCCC2)O[C@H]1n1cnc2c(=O)[nH]c(N)nc21. The number of fused-ring (bicyclic) bond motifs is 1. The molecule has 8 atom stereocenters. The number of nitrogens with two attached hydrogens (primary N) is 2. The molecule has 0 amide bonds. The highest BCUT2D eigenvalue weighted by Crippen LogP contribution is 2.57. The molecule has 3 aliphatic rings. The third-order valence-electron chi connectivity index (χ3n) is 7.93. The van der Waals surface area contributed by atoms with Crippen LogP contribution in [0.5, 0.6) is 0 Å². The predicted octanol–water partition coefficient (Wildman–Crippen LogP) is -1.30. The first-order valence-corrected chi connectivity index (χ1v) is 15.5. The number of anilines is 2. The van der Waals surface area contributed by atoms with Gasteiger partial charge in [-0.05, 0) is 18.9 Å². The molecule has 3 fully saturated rings. The zero-order chi connectivity index (χ0) is 31.2. The molecule has 0 saturated carbocycles. The van der Waals surface area contributed by atoms with Gasteiger partial charge in [-0.2, -0.15) is 9.97 Å². The fraction of sp³-hybridized carbons (Fsp3) is 0.625. The first-order valence-electron chi connectivity index (χ1n) is 14.0. The van der Waals surface area contributed by atoms with Crippen molar-refractivity contribution in [2.45, 2.75) is 62.2 Å². The lowest BCUT2D eigenvalue weighted by atomic mass is 10.1. The van der Waals surface area contributed by atoms with Gasteiger partial charge in [0.1, 0.15) is 42.6 Å². The van der Waals surface area contributed by atoms with Crippen LogP contribution in [0.15, 0.2) is 28.2 Å². The second-order valence-corrected chi connectivity index (χ2v) is 12.7. The third kappa shape index (κ3) is 5.66. The molecule has 0 aromatic carbocycles. The number of aromatic amines is 1. The number of imidazole rings is 1. The van der Waals surface area contributed by atoms with Crippen molar-refractivity contribution in [2.75, 3.05) is 44.9 Å². The minimum absolute atomic E-state index is 0.0197. The maximum Gasteiger partial charge on any atom is 0.408 e.